The highest BCUT2D eigenvalue weighted by molar-refractivity contribution is 5.89. The van der Waals surface area contributed by atoms with E-state index in [9.17, 15) is 13.6 Å². The summed E-state index contributed by atoms with van der Waals surface area (Å²) in [5.41, 5.74) is 1.90. The first-order valence-corrected chi connectivity index (χ1v) is 6.55. The van der Waals surface area contributed by atoms with E-state index in [0.29, 0.717) is 5.69 Å². The molecule has 0 radical (unpaired) electrons. The van der Waals surface area contributed by atoms with Crippen LogP contribution in [0.15, 0.2) is 42.5 Å². The Hall–Kier alpha value is -2.43. The van der Waals surface area contributed by atoms with Gasteiger partial charge in [0.15, 0.2) is 0 Å². The standard InChI is InChI=1S/C16H16F2N2O/c1-10-4-3-5-13(8-10)20-16(21)19-11(2)14-7-6-12(17)9-15(14)18/h3-9,11H,1-2H3,(H2,19,20,21). The SMILES string of the molecule is Cc1cccc(NC(=O)NC(C)c2ccc(F)cc2F)c1. The molecule has 21 heavy (non-hydrogen) atoms. The fraction of sp³-hybridized carbons (Fsp3) is 0.188. The van der Waals surface area contributed by atoms with Crippen LogP contribution in [0, 0.1) is 18.6 Å². The fourth-order valence-corrected chi connectivity index (χ4v) is 2.02. The Bertz CT molecular complexity index is 658. The number of urea groups is 1. The smallest absolute Gasteiger partial charge is 0.319 e. The second-order valence-electron chi connectivity index (χ2n) is 4.86. The van der Waals surface area contributed by atoms with Crippen LogP contribution in [0.25, 0.3) is 0 Å². The van der Waals surface area contributed by atoms with Gasteiger partial charge in [0.05, 0.1) is 6.04 Å². The van der Waals surface area contributed by atoms with Crippen molar-refractivity contribution in [2.24, 2.45) is 0 Å². The van der Waals surface area contributed by atoms with E-state index in [-0.39, 0.29) is 5.56 Å². The van der Waals surface area contributed by atoms with Gasteiger partial charge in [-0.15, -0.1) is 0 Å². The molecule has 0 aromatic heterocycles. The van der Waals surface area contributed by atoms with Gasteiger partial charge in [-0.2, -0.15) is 0 Å². The molecule has 0 spiro atoms. The van der Waals surface area contributed by atoms with Crippen LogP contribution in [0.3, 0.4) is 0 Å². The van der Waals surface area contributed by atoms with Crippen LogP contribution >= 0.6 is 0 Å². The highest BCUT2D eigenvalue weighted by atomic mass is 19.1. The van der Waals surface area contributed by atoms with E-state index in [1.54, 1.807) is 13.0 Å². The van der Waals surface area contributed by atoms with Crippen molar-refractivity contribution in [1.29, 1.82) is 0 Å². The largest absolute Gasteiger partial charge is 0.331 e. The summed E-state index contributed by atoms with van der Waals surface area (Å²) in [7, 11) is 0. The second-order valence-corrected chi connectivity index (χ2v) is 4.86. The molecule has 0 fully saturated rings. The molecule has 3 nitrogen and oxygen atoms in total. The molecule has 2 N–H and O–H groups in total. The van der Waals surface area contributed by atoms with E-state index in [0.717, 1.165) is 17.7 Å². The van der Waals surface area contributed by atoms with Crippen LogP contribution in [-0.4, -0.2) is 6.03 Å². The van der Waals surface area contributed by atoms with Gasteiger partial charge < -0.3 is 10.6 Å². The molecule has 2 aromatic rings. The monoisotopic (exact) mass is 290 g/mol. The van der Waals surface area contributed by atoms with E-state index in [4.69, 9.17) is 0 Å². The summed E-state index contributed by atoms with van der Waals surface area (Å²) < 4.78 is 26.5. The molecule has 0 aliphatic carbocycles. The highest BCUT2D eigenvalue weighted by Gasteiger charge is 2.14. The summed E-state index contributed by atoms with van der Waals surface area (Å²) >= 11 is 0. The average Bonchev–Trinajstić information content (AvgIpc) is 2.38. The summed E-state index contributed by atoms with van der Waals surface area (Å²) in [6.07, 6.45) is 0. The van der Waals surface area contributed by atoms with E-state index in [1.807, 2.05) is 25.1 Å². The van der Waals surface area contributed by atoms with Gasteiger partial charge in [0, 0.05) is 17.3 Å². The number of benzene rings is 2. The predicted molar refractivity (Wildman–Crippen MR) is 78.1 cm³/mol. The van der Waals surface area contributed by atoms with Crippen LogP contribution in [0.1, 0.15) is 24.1 Å². The van der Waals surface area contributed by atoms with Crippen LogP contribution in [-0.2, 0) is 0 Å². The first-order chi connectivity index (χ1) is 9.95. The van der Waals surface area contributed by atoms with E-state index in [2.05, 4.69) is 10.6 Å². The molecule has 0 bridgehead atoms. The maximum Gasteiger partial charge on any atom is 0.319 e. The summed E-state index contributed by atoms with van der Waals surface area (Å²) in [4.78, 5) is 11.9. The van der Waals surface area contributed by atoms with Crippen molar-refractivity contribution in [1.82, 2.24) is 5.32 Å². The number of anilines is 1. The second kappa shape index (κ2) is 6.35. The van der Waals surface area contributed by atoms with Crippen molar-refractivity contribution >= 4 is 11.7 Å². The Morgan fingerprint density at radius 2 is 1.90 bits per heavy atom. The molecule has 0 saturated heterocycles. The lowest BCUT2D eigenvalue weighted by Crippen LogP contribution is -2.31. The number of aryl methyl sites for hydroxylation is 1. The molecule has 0 aliphatic rings. The number of amides is 2. The van der Waals surface area contributed by atoms with Crippen molar-refractivity contribution in [3.05, 3.63) is 65.2 Å². The van der Waals surface area contributed by atoms with Gasteiger partial charge >= 0.3 is 6.03 Å². The molecule has 110 valence electrons. The zero-order chi connectivity index (χ0) is 15.4. The van der Waals surface area contributed by atoms with Gasteiger partial charge in [-0.1, -0.05) is 18.2 Å². The van der Waals surface area contributed by atoms with Gasteiger partial charge in [0.2, 0.25) is 0 Å². The van der Waals surface area contributed by atoms with Gasteiger partial charge in [-0.3, -0.25) is 0 Å². The van der Waals surface area contributed by atoms with Crippen LogP contribution in [0.2, 0.25) is 0 Å². The third-order valence-electron chi connectivity index (χ3n) is 3.05. The Morgan fingerprint density at radius 3 is 2.57 bits per heavy atom. The minimum absolute atomic E-state index is 0.232. The molecular formula is C16H16F2N2O. The van der Waals surface area contributed by atoms with Crippen LogP contribution < -0.4 is 10.6 Å². The zero-order valence-corrected chi connectivity index (χ0v) is 11.8. The van der Waals surface area contributed by atoms with Crippen molar-refractivity contribution in [2.75, 3.05) is 5.32 Å². The van der Waals surface area contributed by atoms with Crippen molar-refractivity contribution in [2.45, 2.75) is 19.9 Å². The van der Waals surface area contributed by atoms with Crippen molar-refractivity contribution in [3.63, 3.8) is 0 Å². The lowest BCUT2D eigenvalue weighted by Gasteiger charge is -2.16. The maximum absolute atomic E-state index is 13.6. The normalized spacial score (nSPS) is 11.8. The molecule has 0 saturated carbocycles. The molecule has 0 aliphatic heterocycles. The van der Waals surface area contributed by atoms with E-state index in [1.165, 1.54) is 6.07 Å². The predicted octanol–water partition coefficient (Wildman–Crippen LogP) is 4.16. The topological polar surface area (TPSA) is 41.1 Å². The third kappa shape index (κ3) is 4.02. The summed E-state index contributed by atoms with van der Waals surface area (Å²) in [6.45, 7) is 3.55. The number of hydrogen-bond acceptors (Lipinski definition) is 1. The van der Waals surface area contributed by atoms with Gasteiger partial charge in [0.1, 0.15) is 11.6 Å². The first-order valence-electron chi connectivity index (χ1n) is 6.55. The third-order valence-corrected chi connectivity index (χ3v) is 3.05. The lowest BCUT2D eigenvalue weighted by atomic mass is 10.1. The van der Waals surface area contributed by atoms with E-state index < -0.39 is 23.7 Å². The first kappa shape index (κ1) is 15.0. The molecule has 5 heteroatoms. The number of carbonyl (C=O) groups excluding carboxylic acids is 1. The minimum atomic E-state index is -0.682. The Balaban J connectivity index is 2.02. The summed E-state index contributed by atoms with van der Waals surface area (Å²) in [5, 5.41) is 5.28. The molecule has 1 unspecified atom stereocenters. The fourth-order valence-electron chi connectivity index (χ4n) is 2.02. The molecule has 0 heterocycles. The molecule has 1 atom stereocenters. The lowest BCUT2D eigenvalue weighted by molar-refractivity contribution is 0.249. The Labute approximate surface area is 122 Å². The number of halogens is 2. The molecule has 2 amide bonds. The Kier molecular flexibility index (Phi) is 4.52. The van der Waals surface area contributed by atoms with Gasteiger partial charge in [-0.05, 0) is 37.6 Å². The quantitative estimate of drug-likeness (QED) is 0.875. The maximum atomic E-state index is 13.6. The number of carbonyl (C=O) groups is 1. The van der Waals surface area contributed by atoms with E-state index >= 15 is 0 Å². The van der Waals surface area contributed by atoms with Crippen LogP contribution in [0.4, 0.5) is 19.3 Å². The highest BCUT2D eigenvalue weighted by Crippen LogP contribution is 2.18. The van der Waals surface area contributed by atoms with Crippen LogP contribution in [0.5, 0.6) is 0 Å². The Morgan fingerprint density at radius 1 is 1.14 bits per heavy atom. The number of rotatable bonds is 3. The van der Waals surface area contributed by atoms with Crippen molar-refractivity contribution in [3.8, 4) is 0 Å². The number of nitrogens with one attached hydrogen (secondary N) is 2. The summed E-state index contributed by atoms with van der Waals surface area (Å²) in [6, 6.07) is 9.59. The minimum Gasteiger partial charge on any atom is -0.331 e. The zero-order valence-electron chi connectivity index (χ0n) is 11.8. The number of hydrogen-bond donors (Lipinski definition) is 2. The molecule has 2 aromatic carbocycles. The summed E-state index contributed by atoms with van der Waals surface area (Å²) in [5.74, 6) is -1.33. The van der Waals surface area contributed by atoms with Gasteiger partial charge in [0.25, 0.3) is 0 Å². The molecule has 2 rings (SSSR count). The van der Waals surface area contributed by atoms with Crippen molar-refractivity contribution < 1.29 is 13.6 Å². The van der Waals surface area contributed by atoms with Gasteiger partial charge in [-0.25, -0.2) is 13.6 Å². The average molecular weight is 290 g/mol. The molecular weight excluding hydrogens is 274 g/mol.